The summed E-state index contributed by atoms with van der Waals surface area (Å²) < 4.78 is 17.2. The highest BCUT2D eigenvalue weighted by atomic mass is 16.5. The third kappa shape index (κ3) is 3.69. The molecule has 2 unspecified atom stereocenters. The summed E-state index contributed by atoms with van der Waals surface area (Å²) in [5, 5.41) is 3.50. The molecule has 0 bridgehead atoms. The molecule has 4 heteroatoms. The molecule has 21 heavy (non-hydrogen) atoms. The van der Waals surface area contributed by atoms with Gasteiger partial charge < -0.3 is 19.5 Å². The Labute approximate surface area is 127 Å². The number of morpholine rings is 1. The first-order chi connectivity index (χ1) is 10.2. The number of rotatable bonds is 6. The second-order valence-electron chi connectivity index (χ2n) is 5.51. The van der Waals surface area contributed by atoms with Gasteiger partial charge >= 0.3 is 0 Å². The number of methoxy groups -OCH3 is 2. The van der Waals surface area contributed by atoms with Crippen molar-refractivity contribution in [3.8, 4) is 11.5 Å². The predicted molar refractivity (Wildman–Crippen MR) is 84.1 cm³/mol. The maximum absolute atomic E-state index is 6.36. The summed E-state index contributed by atoms with van der Waals surface area (Å²) >= 11 is 0. The van der Waals surface area contributed by atoms with Gasteiger partial charge in [-0.1, -0.05) is 26.7 Å². The summed E-state index contributed by atoms with van der Waals surface area (Å²) in [5.41, 5.74) is 1.06. The van der Waals surface area contributed by atoms with E-state index in [1.165, 1.54) is 0 Å². The number of nitrogens with one attached hydrogen (secondary N) is 1. The molecule has 0 spiro atoms. The van der Waals surface area contributed by atoms with Crippen molar-refractivity contribution < 1.29 is 14.2 Å². The molecule has 118 valence electrons. The second-order valence-corrected chi connectivity index (χ2v) is 5.51. The van der Waals surface area contributed by atoms with Gasteiger partial charge in [0.1, 0.15) is 11.5 Å². The fourth-order valence-corrected chi connectivity index (χ4v) is 3.03. The lowest BCUT2D eigenvalue weighted by molar-refractivity contribution is -0.0695. The van der Waals surface area contributed by atoms with Gasteiger partial charge in [0.05, 0.1) is 26.4 Å². The zero-order valence-electron chi connectivity index (χ0n) is 13.5. The molecule has 0 saturated carbocycles. The van der Waals surface area contributed by atoms with Crippen LogP contribution in [0.4, 0.5) is 0 Å². The monoisotopic (exact) mass is 293 g/mol. The number of benzene rings is 1. The third-order valence-corrected chi connectivity index (χ3v) is 4.37. The Morgan fingerprint density at radius 3 is 2.57 bits per heavy atom. The smallest absolute Gasteiger partial charge is 0.124 e. The van der Waals surface area contributed by atoms with Gasteiger partial charge in [-0.05, 0) is 24.1 Å². The van der Waals surface area contributed by atoms with E-state index in [4.69, 9.17) is 14.2 Å². The molecule has 1 aromatic rings. The molecule has 1 N–H and O–H groups in total. The van der Waals surface area contributed by atoms with Crippen LogP contribution in [0, 0.1) is 5.92 Å². The Morgan fingerprint density at radius 2 is 1.95 bits per heavy atom. The van der Waals surface area contributed by atoms with E-state index in [1.807, 2.05) is 18.2 Å². The molecule has 1 aliphatic heterocycles. The quantitative estimate of drug-likeness (QED) is 0.874. The molecule has 0 aromatic heterocycles. The van der Waals surface area contributed by atoms with Crippen LogP contribution in [-0.2, 0) is 4.74 Å². The molecule has 1 saturated heterocycles. The van der Waals surface area contributed by atoms with Crippen molar-refractivity contribution in [1.82, 2.24) is 5.32 Å². The van der Waals surface area contributed by atoms with E-state index >= 15 is 0 Å². The molecule has 0 aliphatic carbocycles. The largest absolute Gasteiger partial charge is 0.497 e. The summed E-state index contributed by atoms with van der Waals surface area (Å²) in [5.74, 6) is 2.28. The molecule has 1 aliphatic rings. The van der Waals surface area contributed by atoms with Gasteiger partial charge in [-0.25, -0.2) is 0 Å². The SMILES string of the molecule is CCC(CC)C1CNCC(c2cc(OC)ccc2OC)O1. The van der Waals surface area contributed by atoms with E-state index in [0.29, 0.717) is 5.92 Å². The summed E-state index contributed by atoms with van der Waals surface area (Å²) in [6, 6.07) is 5.87. The van der Waals surface area contributed by atoms with Crippen LogP contribution in [0.15, 0.2) is 18.2 Å². The molecule has 1 aromatic carbocycles. The first kappa shape index (κ1) is 16.1. The first-order valence-electron chi connectivity index (χ1n) is 7.81. The molecular weight excluding hydrogens is 266 g/mol. The van der Waals surface area contributed by atoms with Crippen LogP contribution in [0.5, 0.6) is 11.5 Å². The normalized spacial score (nSPS) is 22.3. The van der Waals surface area contributed by atoms with Crippen molar-refractivity contribution in [3.05, 3.63) is 23.8 Å². The Balaban J connectivity index is 2.20. The summed E-state index contributed by atoms with van der Waals surface area (Å²) in [7, 11) is 3.37. The minimum absolute atomic E-state index is 0.00870. The average Bonchev–Trinajstić information content (AvgIpc) is 2.55. The van der Waals surface area contributed by atoms with Crippen LogP contribution in [0.25, 0.3) is 0 Å². The van der Waals surface area contributed by atoms with E-state index < -0.39 is 0 Å². The van der Waals surface area contributed by atoms with Crippen molar-refractivity contribution in [2.45, 2.75) is 38.9 Å². The molecule has 2 rings (SSSR count). The highest BCUT2D eigenvalue weighted by Gasteiger charge is 2.29. The minimum Gasteiger partial charge on any atom is -0.497 e. The van der Waals surface area contributed by atoms with Crippen LogP contribution >= 0.6 is 0 Å². The Kier molecular flexibility index (Phi) is 5.88. The molecule has 0 radical (unpaired) electrons. The van der Waals surface area contributed by atoms with Crippen LogP contribution in [0.1, 0.15) is 38.4 Å². The second kappa shape index (κ2) is 7.66. The molecule has 1 heterocycles. The third-order valence-electron chi connectivity index (χ3n) is 4.37. The molecular formula is C17H27NO3. The molecule has 4 nitrogen and oxygen atoms in total. The van der Waals surface area contributed by atoms with Crippen molar-refractivity contribution in [2.24, 2.45) is 5.92 Å². The predicted octanol–water partition coefficient (Wildman–Crippen LogP) is 3.17. The Morgan fingerprint density at radius 1 is 1.19 bits per heavy atom. The molecule has 2 atom stereocenters. The number of hydrogen-bond acceptors (Lipinski definition) is 4. The lowest BCUT2D eigenvalue weighted by Crippen LogP contribution is -2.44. The van der Waals surface area contributed by atoms with E-state index in [2.05, 4.69) is 19.2 Å². The van der Waals surface area contributed by atoms with E-state index in [0.717, 1.165) is 43.0 Å². The fourth-order valence-electron chi connectivity index (χ4n) is 3.03. The summed E-state index contributed by atoms with van der Waals surface area (Å²) in [4.78, 5) is 0. The maximum atomic E-state index is 6.36. The Hall–Kier alpha value is -1.26. The highest BCUT2D eigenvalue weighted by molar-refractivity contribution is 5.42. The highest BCUT2D eigenvalue weighted by Crippen LogP contribution is 2.34. The number of ether oxygens (including phenoxy) is 3. The minimum atomic E-state index is 0.00870. The molecule has 0 amide bonds. The fraction of sp³-hybridized carbons (Fsp3) is 0.647. The van der Waals surface area contributed by atoms with Gasteiger partial charge in [0.2, 0.25) is 0 Å². The van der Waals surface area contributed by atoms with E-state index in [-0.39, 0.29) is 12.2 Å². The van der Waals surface area contributed by atoms with Crippen molar-refractivity contribution in [2.75, 3.05) is 27.3 Å². The van der Waals surface area contributed by atoms with Gasteiger partial charge in [-0.2, -0.15) is 0 Å². The zero-order valence-corrected chi connectivity index (χ0v) is 13.5. The molecule has 1 fully saturated rings. The van der Waals surface area contributed by atoms with Gasteiger partial charge in [0, 0.05) is 18.7 Å². The van der Waals surface area contributed by atoms with Crippen molar-refractivity contribution >= 4 is 0 Å². The summed E-state index contributed by atoms with van der Waals surface area (Å²) in [6.45, 7) is 6.19. The van der Waals surface area contributed by atoms with E-state index in [9.17, 15) is 0 Å². The first-order valence-corrected chi connectivity index (χ1v) is 7.81. The van der Waals surface area contributed by atoms with Crippen LogP contribution in [0.2, 0.25) is 0 Å². The lowest BCUT2D eigenvalue weighted by Gasteiger charge is -2.35. The standard InChI is InChI=1S/C17H27NO3/c1-5-12(6-2)16-10-18-11-17(21-16)14-9-13(19-3)7-8-15(14)20-4/h7-9,12,16-18H,5-6,10-11H2,1-4H3. The lowest BCUT2D eigenvalue weighted by atomic mass is 9.94. The van der Waals surface area contributed by atoms with Crippen molar-refractivity contribution in [1.29, 1.82) is 0 Å². The average molecular weight is 293 g/mol. The summed E-state index contributed by atoms with van der Waals surface area (Å²) in [6.07, 6.45) is 2.55. The van der Waals surface area contributed by atoms with Gasteiger partial charge in [0.15, 0.2) is 0 Å². The van der Waals surface area contributed by atoms with Crippen molar-refractivity contribution in [3.63, 3.8) is 0 Å². The Bertz CT molecular complexity index is 446. The maximum Gasteiger partial charge on any atom is 0.124 e. The number of hydrogen-bond donors (Lipinski definition) is 1. The van der Waals surface area contributed by atoms with Gasteiger partial charge in [-0.3, -0.25) is 0 Å². The topological polar surface area (TPSA) is 39.7 Å². The van der Waals surface area contributed by atoms with Crippen LogP contribution in [-0.4, -0.2) is 33.4 Å². The van der Waals surface area contributed by atoms with Crippen LogP contribution < -0.4 is 14.8 Å². The van der Waals surface area contributed by atoms with E-state index in [1.54, 1.807) is 14.2 Å². The van der Waals surface area contributed by atoms with Gasteiger partial charge in [-0.15, -0.1) is 0 Å². The van der Waals surface area contributed by atoms with Gasteiger partial charge in [0.25, 0.3) is 0 Å². The zero-order chi connectivity index (χ0) is 15.2. The van der Waals surface area contributed by atoms with Crippen LogP contribution in [0.3, 0.4) is 0 Å².